The van der Waals surface area contributed by atoms with Gasteiger partial charge in [-0.2, -0.15) is 0 Å². The molecule has 0 atom stereocenters. The van der Waals surface area contributed by atoms with Gasteiger partial charge in [0, 0.05) is 44.0 Å². The molecule has 0 N–H and O–H groups in total. The first-order chi connectivity index (χ1) is 11.6. The van der Waals surface area contributed by atoms with E-state index in [1.807, 2.05) is 17.3 Å². The highest BCUT2D eigenvalue weighted by Gasteiger charge is 2.21. The molecular weight excluding hydrogens is 318 g/mol. The summed E-state index contributed by atoms with van der Waals surface area (Å²) in [5, 5.41) is 0. The second-order valence-corrected chi connectivity index (χ2v) is 7.45. The second-order valence-electron chi connectivity index (χ2n) is 6.51. The zero-order valence-corrected chi connectivity index (χ0v) is 15.3. The van der Waals surface area contributed by atoms with Gasteiger partial charge in [-0.25, -0.2) is 4.98 Å². The van der Waals surface area contributed by atoms with Crippen molar-refractivity contribution in [3.63, 3.8) is 0 Å². The van der Waals surface area contributed by atoms with Crippen molar-refractivity contribution in [3.05, 3.63) is 51.5 Å². The lowest BCUT2D eigenvalue weighted by Crippen LogP contribution is -2.48. The van der Waals surface area contributed by atoms with Crippen molar-refractivity contribution in [2.75, 3.05) is 26.2 Å². The highest BCUT2D eigenvalue weighted by Crippen LogP contribution is 2.16. The number of aryl methyl sites for hydroxylation is 3. The molecule has 1 amide bonds. The Kier molecular flexibility index (Phi) is 5.63. The van der Waals surface area contributed by atoms with Crippen molar-refractivity contribution in [3.8, 4) is 0 Å². The van der Waals surface area contributed by atoms with Crippen LogP contribution in [0.2, 0.25) is 0 Å². The zero-order valence-electron chi connectivity index (χ0n) is 14.5. The van der Waals surface area contributed by atoms with Gasteiger partial charge < -0.3 is 4.90 Å². The first kappa shape index (κ1) is 17.1. The molecular formula is C19H25N3OS. The van der Waals surface area contributed by atoms with E-state index in [-0.39, 0.29) is 5.91 Å². The SMILES string of the molecule is Cc1cccc(CN2CCN(C(=O)CCc3scnc3C)CC2)c1. The van der Waals surface area contributed by atoms with Crippen LogP contribution in [0.3, 0.4) is 0 Å². The lowest BCUT2D eigenvalue weighted by atomic mass is 10.1. The van der Waals surface area contributed by atoms with Crippen molar-refractivity contribution in [2.24, 2.45) is 0 Å². The third-order valence-electron chi connectivity index (χ3n) is 4.62. The number of hydrogen-bond donors (Lipinski definition) is 0. The van der Waals surface area contributed by atoms with Gasteiger partial charge in [0.1, 0.15) is 0 Å². The van der Waals surface area contributed by atoms with Gasteiger partial charge in [0.25, 0.3) is 0 Å². The Balaban J connectivity index is 1.44. The maximum atomic E-state index is 12.4. The Bertz CT molecular complexity index is 689. The van der Waals surface area contributed by atoms with E-state index in [0.717, 1.165) is 44.8 Å². The molecule has 24 heavy (non-hydrogen) atoms. The summed E-state index contributed by atoms with van der Waals surface area (Å²) in [4.78, 5) is 22.3. The molecule has 128 valence electrons. The maximum absolute atomic E-state index is 12.4. The molecule has 1 aliphatic rings. The summed E-state index contributed by atoms with van der Waals surface area (Å²) in [6.07, 6.45) is 1.42. The van der Waals surface area contributed by atoms with Crippen molar-refractivity contribution in [2.45, 2.75) is 33.2 Å². The van der Waals surface area contributed by atoms with Crippen LogP contribution >= 0.6 is 11.3 Å². The Hall–Kier alpha value is -1.72. The summed E-state index contributed by atoms with van der Waals surface area (Å²) in [5.41, 5.74) is 5.59. The van der Waals surface area contributed by atoms with Crippen LogP contribution in [0.1, 0.15) is 28.1 Å². The summed E-state index contributed by atoms with van der Waals surface area (Å²) < 4.78 is 0. The number of thiazole rings is 1. The maximum Gasteiger partial charge on any atom is 0.223 e. The predicted molar refractivity (Wildman–Crippen MR) is 98.2 cm³/mol. The first-order valence-electron chi connectivity index (χ1n) is 8.56. The first-order valence-corrected chi connectivity index (χ1v) is 9.44. The standard InChI is InChI=1S/C19H25N3OS/c1-15-4-3-5-17(12-15)13-21-8-10-22(11-9-21)19(23)7-6-18-16(2)20-14-24-18/h3-5,12,14H,6-11,13H2,1-2H3. The van der Waals surface area contributed by atoms with Crippen LogP contribution in [0.5, 0.6) is 0 Å². The molecule has 3 rings (SSSR count). The van der Waals surface area contributed by atoms with E-state index in [1.54, 1.807) is 11.3 Å². The molecule has 2 heterocycles. The van der Waals surface area contributed by atoms with Gasteiger partial charge in [-0.3, -0.25) is 9.69 Å². The number of nitrogens with zero attached hydrogens (tertiary/aromatic N) is 3. The molecule has 1 aliphatic heterocycles. The van der Waals surface area contributed by atoms with Crippen LogP contribution in [-0.4, -0.2) is 46.9 Å². The fourth-order valence-corrected chi connectivity index (χ4v) is 3.95. The van der Waals surface area contributed by atoms with E-state index in [0.29, 0.717) is 6.42 Å². The van der Waals surface area contributed by atoms with Gasteiger partial charge >= 0.3 is 0 Å². The van der Waals surface area contributed by atoms with Gasteiger partial charge in [-0.1, -0.05) is 29.8 Å². The van der Waals surface area contributed by atoms with Crippen LogP contribution in [0.4, 0.5) is 0 Å². The molecule has 0 radical (unpaired) electrons. The minimum absolute atomic E-state index is 0.276. The van der Waals surface area contributed by atoms with E-state index in [9.17, 15) is 4.79 Å². The van der Waals surface area contributed by atoms with Gasteiger partial charge in [-0.05, 0) is 25.8 Å². The Morgan fingerprint density at radius 3 is 2.67 bits per heavy atom. The molecule has 1 saturated heterocycles. The highest BCUT2D eigenvalue weighted by molar-refractivity contribution is 7.09. The molecule has 1 aromatic carbocycles. The monoisotopic (exact) mass is 343 g/mol. The summed E-state index contributed by atoms with van der Waals surface area (Å²) in [7, 11) is 0. The fraction of sp³-hybridized carbons (Fsp3) is 0.474. The van der Waals surface area contributed by atoms with E-state index in [2.05, 4.69) is 41.1 Å². The van der Waals surface area contributed by atoms with E-state index < -0.39 is 0 Å². The van der Waals surface area contributed by atoms with Crippen molar-refractivity contribution in [1.82, 2.24) is 14.8 Å². The summed E-state index contributed by atoms with van der Waals surface area (Å²) >= 11 is 1.65. The van der Waals surface area contributed by atoms with Crippen LogP contribution in [0.25, 0.3) is 0 Å². The molecule has 0 bridgehead atoms. The smallest absolute Gasteiger partial charge is 0.223 e. The largest absolute Gasteiger partial charge is 0.340 e. The highest BCUT2D eigenvalue weighted by atomic mass is 32.1. The number of carbonyl (C=O) groups is 1. The minimum atomic E-state index is 0.276. The van der Waals surface area contributed by atoms with Crippen LogP contribution in [0, 0.1) is 13.8 Å². The minimum Gasteiger partial charge on any atom is -0.340 e. The molecule has 0 spiro atoms. The van der Waals surface area contributed by atoms with Gasteiger partial charge in [0.05, 0.1) is 11.2 Å². The topological polar surface area (TPSA) is 36.4 Å². The number of hydrogen-bond acceptors (Lipinski definition) is 4. The zero-order chi connectivity index (χ0) is 16.9. The average Bonchev–Trinajstić information content (AvgIpc) is 2.98. The van der Waals surface area contributed by atoms with Crippen molar-refractivity contribution >= 4 is 17.2 Å². The number of benzene rings is 1. The van der Waals surface area contributed by atoms with Crippen LogP contribution in [0.15, 0.2) is 29.8 Å². The van der Waals surface area contributed by atoms with E-state index >= 15 is 0 Å². The third kappa shape index (κ3) is 4.42. The molecule has 1 fully saturated rings. The van der Waals surface area contributed by atoms with Crippen molar-refractivity contribution < 1.29 is 4.79 Å². The third-order valence-corrected chi connectivity index (χ3v) is 5.62. The molecule has 1 aromatic heterocycles. The quantitative estimate of drug-likeness (QED) is 0.837. The summed E-state index contributed by atoms with van der Waals surface area (Å²) in [6.45, 7) is 8.71. The van der Waals surface area contributed by atoms with Crippen LogP contribution < -0.4 is 0 Å². The summed E-state index contributed by atoms with van der Waals surface area (Å²) in [6, 6.07) is 8.67. The normalized spacial score (nSPS) is 15.7. The van der Waals surface area contributed by atoms with Gasteiger partial charge in [0.15, 0.2) is 0 Å². The van der Waals surface area contributed by atoms with Crippen molar-refractivity contribution in [1.29, 1.82) is 0 Å². The fourth-order valence-electron chi connectivity index (χ4n) is 3.17. The molecule has 0 saturated carbocycles. The Morgan fingerprint density at radius 2 is 2.00 bits per heavy atom. The van der Waals surface area contributed by atoms with E-state index in [1.165, 1.54) is 16.0 Å². The average molecular weight is 343 g/mol. The molecule has 2 aromatic rings. The number of amides is 1. The van der Waals surface area contributed by atoms with Gasteiger partial charge in [0.2, 0.25) is 5.91 Å². The number of aromatic nitrogens is 1. The van der Waals surface area contributed by atoms with Gasteiger partial charge in [-0.15, -0.1) is 11.3 Å². The number of rotatable bonds is 5. The molecule has 5 heteroatoms. The second kappa shape index (κ2) is 7.90. The molecule has 4 nitrogen and oxygen atoms in total. The lowest BCUT2D eigenvalue weighted by Gasteiger charge is -2.35. The molecule has 0 aliphatic carbocycles. The predicted octanol–water partition coefficient (Wildman–Crippen LogP) is 3.04. The number of carbonyl (C=O) groups excluding carboxylic acids is 1. The van der Waals surface area contributed by atoms with E-state index in [4.69, 9.17) is 0 Å². The lowest BCUT2D eigenvalue weighted by molar-refractivity contribution is -0.132. The Morgan fingerprint density at radius 1 is 1.21 bits per heavy atom. The molecule has 0 unspecified atom stereocenters. The van der Waals surface area contributed by atoms with Crippen LogP contribution in [-0.2, 0) is 17.8 Å². The Labute approximate surface area is 148 Å². The number of piperazine rings is 1. The summed E-state index contributed by atoms with van der Waals surface area (Å²) in [5.74, 6) is 0.276.